The predicted molar refractivity (Wildman–Crippen MR) is 370 cm³/mol. The van der Waals surface area contributed by atoms with Crippen molar-refractivity contribution in [3.05, 3.63) is 94.5 Å². The van der Waals surface area contributed by atoms with Crippen LogP contribution in [0.3, 0.4) is 0 Å². The number of methoxy groups -OCH3 is 2. The van der Waals surface area contributed by atoms with Crippen LogP contribution in [0, 0.1) is 29.6 Å². The maximum absolute atomic E-state index is 15.0. The third-order valence-corrected chi connectivity index (χ3v) is 19.6. The summed E-state index contributed by atoms with van der Waals surface area (Å²) in [7, 11) is 6.26. The van der Waals surface area contributed by atoms with Gasteiger partial charge in [-0.25, -0.2) is 14.6 Å². The van der Waals surface area contributed by atoms with E-state index < -0.39 is 96.1 Å². The molecule has 26 nitrogen and oxygen atoms in total. The average molecular weight is 1380 g/mol. The van der Waals surface area contributed by atoms with Crippen LogP contribution in [-0.2, 0) is 70.4 Å². The van der Waals surface area contributed by atoms with Crippen LogP contribution in [-0.4, -0.2) is 186 Å². The number of rotatable bonds is 38. The number of nitrogens with one attached hydrogen (secondary N) is 6. The average Bonchev–Trinajstić information content (AvgIpc) is 1.61. The Labute approximate surface area is 580 Å². The van der Waals surface area contributed by atoms with Gasteiger partial charge in [-0.1, -0.05) is 110 Å². The molecular weight excluding hydrogens is 1280 g/mol. The van der Waals surface area contributed by atoms with Gasteiger partial charge in [0.15, 0.2) is 0 Å². The minimum Gasteiger partial charge on any atom is -0.445 e. The Morgan fingerprint density at radius 1 is 0.704 bits per heavy atom. The van der Waals surface area contributed by atoms with Gasteiger partial charge in [-0.2, -0.15) is 0 Å². The molecule has 1 aromatic heterocycles. The van der Waals surface area contributed by atoms with E-state index in [-0.39, 0.29) is 98.7 Å². The van der Waals surface area contributed by atoms with Crippen LogP contribution in [0.2, 0.25) is 0 Å². The van der Waals surface area contributed by atoms with Crippen LogP contribution in [0.5, 0.6) is 0 Å². The number of carbonyl (C=O) groups excluding carboxylic acids is 11. The van der Waals surface area contributed by atoms with Crippen molar-refractivity contribution < 1.29 is 67.0 Å². The minimum atomic E-state index is -1.11. The second-order valence-electron chi connectivity index (χ2n) is 26.9. The lowest BCUT2D eigenvalue weighted by molar-refractivity contribution is -0.148. The van der Waals surface area contributed by atoms with Gasteiger partial charge in [0, 0.05) is 83.8 Å². The van der Waals surface area contributed by atoms with Gasteiger partial charge in [0.25, 0.3) is 11.8 Å². The fraction of sp³-hybridized carbons (Fsp3) is 0.606. The summed E-state index contributed by atoms with van der Waals surface area (Å²) in [4.78, 5) is 158. The molecule has 98 heavy (non-hydrogen) atoms. The molecule has 1 aliphatic carbocycles. The molecule has 6 rings (SSSR count). The molecule has 1 saturated heterocycles. The van der Waals surface area contributed by atoms with Crippen LogP contribution >= 0.6 is 11.3 Å². The van der Waals surface area contributed by atoms with Crippen molar-refractivity contribution >= 4 is 82.3 Å². The molecule has 538 valence electrons. The number of hydrogen-bond acceptors (Lipinski definition) is 16. The standard InChI is InChI=1S/C71H104N12O14S/c1-43(2)59(78-55(84)28-16-13-19-37-83-56(85)33-34-57(83)86)66(90)76-51(26-20-35-74-70(72)93)65(89)75-50-31-29-48(30-32-50)42-97-71(94)81(9)61(45(5)6)67(91)79-60(44(3)4)69(92)80(8)62(49-24-17-18-25-49)54(95-10)41-58(87)82-38-21-27-53(82)63(96-11)46(7)64(88)77-52(68-73-36-39-98-68)40-47-22-14-12-15-23-47/h12,14-15,22-23,29-34,36,39,43-46,49,51-54,59-63H,13,16-21,24-28,35,37-38,40-42H2,1-11H3,(H,75,89)(H,76,90)(H,77,88)(H,78,84)(H,79,91)(H3,72,74,93)/t46-,51?,52+,53+,54-,59+,60+,61+,62+,63-/m1/s1. The van der Waals surface area contributed by atoms with E-state index in [0.29, 0.717) is 56.3 Å². The normalized spacial score (nSPS) is 17.5. The van der Waals surface area contributed by atoms with Crippen molar-refractivity contribution in [3.63, 3.8) is 0 Å². The summed E-state index contributed by atoms with van der Waals surface area (Å²) in [6.45, 7) is 13.2. The van der Waals surface area contributed by atoms with Gasteiger partial charge in [0.1, 0.15) is 35.8 Å². The summed E-state index contributed by atoms with van der Waals surface area (Å²) < 4.78 is 18.1. The van der Waals surface area contributed by atoms with E-state index in [9.17, 15) is 47.9 Å². The van der Waals surface area contributed by atoms with Crippen molar-refractivity contribution in [1.29, 1.82) is 0 Å². The summed E-state index contributed by atoms with van der Waals surface area (Å²) in [5.41, 5.74) is 7.19. The zero-order valence-electron chi connectivity index (χ0n) is 58.8. The number of carbonyl (C=O) groups is 11. The number of likely N-dealkylation sites (tertiary alicyclic amines) is 1. The second-order valence-corrected chi connectivity index (χ2v) is 27.8. The number of aromatic nitrogens is 1. The zero-order chi connectivity index (χ0) is 71.8. The first-order valence-corrected chi connectivity index (χ1v) is 35.2. The largest absolute Gasteiger partial charge is 0.445 e. The Bertz CT molecular complexity index is 3160. The number of unbranched alkanes of at least 4 members (excludes halogenated alkanes) is 2. The minimum absolute atomic E-state index is 0.00656. The summed E-state index contributed by atoms with van der Waals surface area (Å²) in [5.74, 6) is -5.50. The predicted octanol–water partition coefficient (Wildman–Crippen LogP) is 6.54. The van der Waals surface area contributed by atoms with E-state index in [0.717, 1.165) is 41.2 Å². The number of primary amides is 1. The number of urea groups is 1. The zero-order valence-corrected chi connectivity index (χ0v) is 59.6. The van der Waals surface area contributed by atoms with Crippen molar-refractivity contribution in [2.24, 2.45) is 35.3 Å². The highest BCUT2D eigenvalue weighted by Gasteiger charge is 2.45. The fourth-order valence-corrected chi connectivity index (χ4v) is 14.1. The van der Waals surface area contributed by atoms with Gasteiger partial charge >= 0.3 is 12.1 Å². The van der Waals surface area contributed by atoms with Crippen LogP contribution < -0.4 is 37.6 Å². The number of thiazole rings is 1. The molecular formula is C71H104N12O14S. The summed E-state index contributed by atoms with van der Waals surface area (Å²) in [6.07, 6.45) is 9.28. The highest BCUT2D eigenvalue weighted by Crippen LogP contribution is 2.36. The molecule has 8 N–H and O–H groups in total. The summed E-state index contributed by atoms with van der Waals surface area (Å²) >= 11 is 1.47. The van der Waals surface area contributed by atoms with Gasteiger partial charge < -0.3 is 61.6 Å². The summed E-state index contributed by atoms with van der Waals surface area (Å²) in [5, 5.41) is 19.7. The number of hydrogen-bond donors (Lipinski definition) is 7. The molecule has 3 aliphatic rings. The molecule has 2 aliphatic heterocycles. The van der Waals surface area contributed by atoms with Gasteiger partial charge in [-0.05, 0) is 105 Å². The Kier molecular flexibility index (Phi) is 31.1. The second kappa shape index (κ2) is 38.7. The van der Waals surface area contributed by atoms with Crippen molar-refractivity contribution in [1.82, 2.24) is 51.2 Å². The van der Waals surface area contributed by atoms with E-state index in [1.807, 2.05) is 56.5 Å². The highest BCUT2D eigenvalue weighted by molar-refractivity contribution is 7.09. The maximum Gasteiger partial charge on any atom is 0.410 e. The molecule has 27 heteroatoms. The van der Waals surface area contributed by atoms with E-state index in [4.69, 9.17) is 19.9 Å². The number of nitrogens with zero attached hydrogens (tertiary/aromatic N) is 5. The highest BCUT2D eigenvalue weighted by atomic mass is 32.1. The Balaban J connectivity index is 1.04. The first-order chi connectivity index (χ1) is 46.7. The number of amides is 12. The molecule has 2 fully saturated rings. The molecule has 0 spiro atoms. The molecule has 1 saturated carbocycles. The van der Waals surface area contributed by atoms with E-state index in [2.05, 4.69) is 36.9 Å². The van der Waals surface area contributed by atoms with E-state index in [1.54, 1.807) is 89.2 Å². The molecule has 0 radical (unpaired) electrons. The molecule has 12 amide bonds. The molecule has 2 aromatic carbocycles. The SMILES string of the molecule is CO[C@H]([C@@H](C)C(=O)N[C@@H](Cc1ccccc1)c1nccs1)[C@@H]1CCCN1C(=O)C[C@@H](OC)[C@H](C1CCCC1)N(C)C(=O)[C@@H](NC(=O)[C@H](C(C)C)N(C)C(=O)OCc1ccc(NC(=O)C(CCCNC(N)=O)NC(=O)[C@@H](NC(=O)CCCCCN2C(=O)C=CC2=O)C(C)C)cc1)C(C)C. The van der Waals surface area contributed by atoms with Crippen LogP contribution in [0.4, 0.5) is 15.3 Å². The smallest absolute Gasteiger partial charge is 0.410 e. The molecule has 1 unspecified atom stereocenters. The topological polar surface area (TPSA) is 340 Å². The number of ether oxygens (including phenoxy) is 3. The van der Waals surface area contributed by atoms with Crippen LogP contribution in [0.1, 0.15) is 154 Å². The van der Waals surface area contributed by atoms with Crippen LogP contribution in [0.15, 0.2) is 78.3 Å². The monoisotopic (exact) mass is 1380 g/mol. The Morgan fingerprint density at radius 2 is 1.38 bits per heavy atom. The van der Waals surface area contributed by atoms with Crippen molar-refractivity contribution in [2.45, 2.75) is 199 Å². The first-order valence-electron chi connectivity index (χ1n) is 34.4. The molecule has 3 aromatic rings. The maximum atomic E-state index is 15.0. The van der Waals surface area contributed by atoms with Crippen LogP contribution in [0.25, 0.3) is 0 Å². The Hall–Kier alpha value is -8.30. The number of nitrogens with two attached hydrogens (primary N) is 1. The van der Waals surface area contributed by atoms with Crippen molar-refractivity contribution in [3.8, 4) is 0 Å². The number of anilines is 1. The fourth-order valence-electron chi connectivity index (χ4n) is 13.4. The van der Waals surface area contributed by atoms with Gasteiger partial charge in [0.2, 0.25) is 41.4 Å². The number of benzene rings is 2. The molecule has 0 bridgehead atoms. The van der Waals surface area contributed by atoms with E-state index in [1.165, 1.54) is 35.4 Å². The lowest BCUT2D eigenvalue weighted by Gasteiger charge is -2.41. The molecule has 3 heterocycles. The third kappa shape index (κ3) is 22.6. The first kappa shape index (κ1) is 78.7. The molecule has 10 atom stereocenters. The lowest BCUT2D eigenvalue weighted by atomic mass is 9.88. The van der Waals surface area contributed by atoms with E-state index >= 15 is 4.79 Å². The Morgan fingerprint density at radius 3 is 1.98 bits per heavy atom. The quantitative estimate of drug-likeness (QED) is 0.0237. The van der Waals surface area contributed by atoms with Gasteiger partial charge in [-0.3, -0.25) is 53.0 Å². The lowest BCUT2D eigenvalue weighted by Crippen LogP contribution is -2.60. The van der Waals surface area contributed by atoms with Gasteiger partial charge in [0.05, 0.1) is 42.7 Å². The van der Waals surface area contributed by atoms with Gasteiger partial charge in [-0.15, -0.1) is 11.3 Å². The summed E-state index contributed by atoms with van der Waals surface area (Å²) in [6, 6.07) is 10.0. The third-order valence-electron chi connectivity index (χ3n) is 18.7. The number of imide groups is 1. The van der Waals surface area contributed by atoms with Crippen molar-refractivity contribution in [2.75, 3.05) is 53.3 Å². The number of likely N-dealkylation sites (N-methyl/N-ethyl adjacent to an activating group) is 2.